The minimum Gasteiger partial charge on any atom is -0.380 e. The number of amides is 1. The lowest BCUT2D eigenvalue weighted by Crippen LogP contribution is -2.35. The Bertz CT molecular complexity index is 624. The summed E-state index contributed by atoms with van der Waals surface area (Å²) in [6.45, 7) is 0.714. The number of nitrogens with one attached hydrogen (secondary N) is 2. The molecule has 1 aliphatic rings. The van der Waals surface area contributed by atoms with E-state index in [0.717, 1.165) is 16.5 Å². The number of hydrogen-bond acceptors (Lipinski definition) is 4. The molecule has 0 spiro atoms. The van der Waals surface area contributed by atoms with Crippen molar-refractivity contribution < 1.29 is 9.53 Å². The third-order valence-electron chi connectivity index (χ3n) is 3.68. The highest BCUT2D eigenvalue weighted by Gasteiger charge is 2.29. The minimum absolute atomic E-state index is 0.0269. The lowest BCUT2D eigenvalue weighted by atomic mass is 10.1. The molecule has 2 aromatic rings. The third kappa shape index (κ3) is 2.50. The van der Waals surface area contributed by atoms with Crippen LogP contribution in [0.1, 0.15) is 6.42 Å². The van der Waals surface area contributed by atoms with Crippen LogP contribution in [0.25, 0.3) is 10.8 Å². The zero-order valence-corrected chi connectivity index (χ0v) is 11.3. The van der Waals surface area contributed by atoms with Crippen molar-refractivity contribution >= 4 is 22.4 Å². The van der Waals surface area contributed by atoms with Crippen LogP contribution in [-0.2, 0) is 9.53 Å². The van der Waals surface area contributed by atoms with Gasteiger partial charge in [0.15, 0.2) is 0 Å². The Morgan fingerprint density at radius 1 is 1.45 bits per heavy atom. The standard InChI is InChI=1S/C15H17N3O2/c1-20-11-7-14(17-8-11)15(19)18-13-4-2-3-10-5-6-16-9-12(10)13/h2-6,9,11,14,17H,7-8H2,1H3,(H,18,19). The van der Waals surface area contributed by atoms with Gasteiger partial charge in [0.05, 0.1) is 17.8 Å². The predicted octanol–water partition coefficient (Wildman–Crippen LogP) is 1.55. The maximum Gasteiger partial charge on any atom is 0.241 e. The van der Waals surface area contributed by atoms with Crippen LogP contribution in [-0.4, -0.2) is 36.7 Å². The van der Waals surface area contributed by atoms with Gasteiger partial charge in [0.25, 0.3) is 0 Å². The van der Waals surface area contributed by atoms with Crippen LogP contribution in [0.3, 0.4) is 0 Å². The molecular formula is C15H17N3O2. The van der Waals surface area contributed by atoms with Gasteiger partial charge in [-0.05, 0) is 23.9 Å². The lowest BCUT2D eigenvalue weighted by Gasteiger charge is -2.13. The van der Waals surface area contributed by atoms with E-state index in [1.54, 1.807) is 19.5 Å². The molecule has 2 unspecified atom stereocenters. The lowest BCUT2D eigenvalue weighted by molar-refractivity contribution is -0.117. The van der Waals surface area contributed by atoms with E-state index in [2.05, 4.69) is 15.6 Å². The molecule has 1 aliphatic heterocycles. The van der Waals surface area contributed by atoms with E-state index >= 15 is 0 Å². The average Bonchev–Trinajstić information content (AvgIpc) is 2.97. The Labute approximate surface area is 117 Å². The maximum atomic E-state index is 12.3. The summed E-state index contributed by atoms with van der Waals surface area (Å²) in [6.07, 6.45) is 4.33. The van der Waals surface area contributed by atoms with E-state index in [9.17, 15) is 4.79 Å². The SMILES string of the molecule is COC1CNC(C(=O)Nc2cccc3ccncc23)C1. The number of hydrogen-bond donors (Lipinski definition) is 2. The molecule has 0 aliphatic carbocycles. The van der Waals surface area contributed by atoms with Crippen LogP contribution < -0.4 is 10.6 Å². The highest BCUT2D eigenvalue weighted by molar-refractivity contribution is 6.03. The zero-order chi connectivity index (χ0) is 13.9. The van der Waals surface area contributed by atoms with Gasteiger partial charge in [-0.3, -0.25) is 9.78 Å². The summed E-state index contributed by atoms with van der Waals surface area (Å²) in [5.41, 5.74) is 0.795. The Kier molecular flexibility index (Phi) is 3.62. The molecule has 1 saturated heterocycles. The summed E-state index contributed by atoms with van der Waals surface area (Å²) in [5.74, 6) is -0.0269. The van der Waals surface area contributed by atoms with E-state index < -0.39 is 0 Å². The van der Waals surface area contributed by atoms with Gasteiger partial charge in [-0.2, -0.15) is 0 Å². The minimum atomic E-state index is -0.202. The van der Waals surface area contributed by atoms with Gasteiger partial charge in [-0.25, -0.2) is 0 Å². The maximum absolute atomic E-state index is 12.3. The Morgan fingerprint density at radius 2 is 2.35 bits per heavy atom. The fourth-order valence-electron chi connectivity index (χ4n) is 2.52. The number of nitrogens with zero attached hydrogens (tertiary/aromatic N) is 1. The number of carbonyl (C=O) groups is 1. The van der Waals surface area contributed by atoms with Gasteiger partial charge >= 0.3 is 0 Å². The molecule has 1 aromatic heterocycles. The Morgan fingerprint density at radius 3 is 3.15 bits per heavy atom. The summed E-state index contributed by atoms with van der Waals surface area (Å²) in [4.78, 5) is 16.4. The molecule has 1 amide bonds. The quantitative estimate of drug-likeness (QED) is 0.889. The first-order valence-electron chi connectivity index (χ1n) is 6.67. The monoisotopic (exact) mass is 271 g/mol. The summed E-state index contributed by atoms with van der Waals surface area (Å²) < 4.78 is 5.26. The molecule has 0 bridgehead atoms. The molecule has 0 radical (unpaired) electrons. The molecule has 3 rings (SSSR count). The van der Waals surface area contributed by atoms with Crippen molar-refractivity contribution in [2.24, 2.45) is 0 Å². The van der Waals surface area contributed by atoms with Gasteiger partial charge in [0, 0.05) is 31.4 Å². The largest absolute Gasteiger partial charge is 0.380 e. The molecule has 20 heavy (non-hydrogen) atoms. The van der Waals surface area contributed by atoms with Crippen molar-refractivity contribution in [3.8, 4) is 0 Å². The van der Waals surface area contributed by atoms with Crippen LogP contribution in [0.5, 0.6) is 0 Å². The van der Waals surface area contributed by atoms with Gasteiger partial charge in [-0.15, -0.1) is 0 Å². The summed E-state index contributed by atoms with van der Waals surface area (Å²) in [6, 6.07) is 7.55. The Balaban J connectivity index is 1.78. The summed E-state index contributed by atoms with van der Waals surface area (Å²) in [5, 5.41) is 8.16. The second-order valence-corrected chi connectivity index (χ2v) is 4.95. The molecule has 1 aromatic carbocycles. The summed E-state index contributed by atoms with van der Waals surface area (Å²) >= 11 is 0. The van der Waals surface area contributed by atoms with Gasteiger partial charge in [-0.1, -0.05) is 12.1 Å². The van der Waals surface area contributed by atoms with E-state index in [1.807, 2.05) is 24.3 Å². The molecule has 0 saturated carbocycles. The van der Waals surface area contributed by atoms with E-state index in [0.29, 0.717) is 13.0 Å². The molecule has 2 atom stereocenters. The fourth-order valence-corrected chi connectivity index (χ4v) is 2.52. The topological polar surface area (TPSA) is 63.2 Å². The predicted molar refractivity (Wildman–Crippen MR) is 77.6 cm³/mol. The number of rotatable bonds is 3. The molecule has 5 nitrogen and oxygen atoms in total. The second kappa shape index (κ2) is 5.56. The highest BCUT2D eigenvalue weighted by atomic mass is 16.5. The van der Waals surface area contributed by atoms with Gasteiger partial charge in [0.2, 0.25) is 5.91 Å². The van der Waals surface area contributed by atoms with Gasteiger partial charge < -0.3 is 15.4 Å². The van der Waals surface area contributed by atoms with Crippen LogP contribution in [0, 0.1) is 0 Å². The van der Waals surface area contributed by atoms with Crippen molar-refractivity contribution in [1.29, 1.82) is 0 Å². The molecule has 2 N–H and O–H groups in total. The number of ether oxygens (including phenoxy) is 1. The third-order valence-corrected chi connectivity index (χ3v) is 3.68. The first kappa shape index (κ1) is 13.0. The molecule has 1 fully saturated rings. The number of methoxy groups -OCH3 is 1. The number of anilines is 1. The molecule has 104 valence electrons. The second-order valence-electron chi connectivity index (χ2n) is 4.95. The van der Waals surface area contributed by atoms with Crippen molar-refractivity contribution in [2.75, 3.05) is 19.0 Å². The Hall–Kier alpha value is -1.98. The van der Waals surface area contributed by atoms with E-state index in [-0.39, 0.29) is 18.1 Å². The number of pyridine rings is 1. The van der Waals surface area contributed by atoms with E-state index in [4.69, 9.17) is 4.74 Å². The van der Waals surface area contributed by atoms with Crippen LogP contribution >= 0.6 is 0 Å². The number of carbonyl (C=O) groups excluding carboxylic acids is 1. The van der Waals surface area contributed by atoms with Crippen LogP contribution in [0.15, 0.2) is 36.7 Å². The number of fused-ring (bicyclic) bond motifs is 1. The first-order valence-corrected chi connectivity index (χ1v) is 6.67. The smallest absolute Gasteiger partial charge is 0.241 e. The van der Waals surface area contributed by atoms with Crippen LogP contribution in [0.2, 0.25) is 0 Å². The normalized spacial score (nSPS) is 22.1. The van der Waals surface area contributed by atoms with Crippen molar-refractivity contribution in [3.05, 3.63) is 36.7 Å². The van der Waals surface area contributed by atoms with Crippen LogP contribution in [0.4, 0.5) is 5.69 Å². The average molecular weight is 271 g/mol. The number of benzene rings is 1. The molecule has 5 heteroatoms. The van der Waals surface area contributed by atoms with Crippen molar-refractivity contribution in [2.45, 2.75) is 18.6 Å². The molecule has 2 heterocycles. The summed E-state index contributed by atoms with van der Waals surface area (Å²) in [7, 11) is 1.67. The first-order chi connectivity index (χ1) is 9.78. The van der Waals surface area contributed by atoms with Gasteiger partial charge in [0.1, 0.15) is 0 Å². The molecular weight excluding hydrogens is 254 g/mol. The van der Waals surface area contributed by atoms with Crippen molar-refractivity contribution in [1.82, 2.24) is 10.3 Å². The number of aromatic nitrogens is 1. The van der Waals surface area contributed by atoms with E-state index in [1.165, 1.54) is 0 Å². The highest BCUT2D eigenvalue weighted by Crippen LogP contribution is 2.22. The zero-order valence-electron chi connectivity index (χ0n) is 11.3. The fraction of sp³-hybridized carbons (Fsp3) is 0.333. The van der Waals surface area contributed by atoms with Crippen molar-refractivity contribution in [3.63, 3.8) is 0 Å².